The summed E-state index contributed by atoms with van der Waals surface area (Å²) in [6.45, 7) is 8.64. The summed E-state index contributed by atoms with van der Waals surface area (Å²) in [6, 6.07) is 9.70. The van der Waals surface area contributed by atoms with Crippen LogP contribution in [0, 0.1) is 11.8 Å². The van der Waals surface area contributed by atoms with Crippen molar-refractivity contribution in [3.63, 3.8) is 0 Å². The number of carbonyl (C=O) groups is 1. The molecule has 0 atom stereocenters. The summed E-state index contributed by atoms with van der Waals surface area (Å²) in [5.74, 6) is 0.874. The molecule has 5 heteroatoms. The fraction of sp³-hybridized carbons (Fsp3) is 0.480. The zero-order valence-corrected chi connectivity index (χ0v) is 18.5. The van der Waals surface area contributed by atoms with Crippen LogP contribution in [0.25, 0.3) is 0 Å². The van der Waals surface area contributed by atoms with E-state index >= 15 is 0 Å². The second kappa shape index (κ2) is 11.5. The van der Waals surface area contributed by atoms with Gasteiger partial charge in [-0.25, -0.2) is 4.79 Å². The van der Waals surface area contributed by atoms with Gasteiger partial charge in [-0.15, -0.1) is 0 Å². The minimum atomic E-state index is -0.989. The molecule has 0 aromatic heterocycles. The van der Waals surface area contributed by atoms with Gasteiger partial charge in [0.15, 0.2) is 23.0 Å². The van der Waals surface area contributed by atoms with Crippen LogP contribution in [0.5, 0.6) is 23.0 Å². The maximum atomic E-state index is 12.4. The van der Waals surface area contributed by atoms with Crippen LogP contribution < -0.4 is 9.47 Å². The molecule has 0 aliphatic rings. The summed E-state index contributed by atoms with van der Waals surface area (Å²) in [4.78, 5) is 12.4. The molecule has 5 nitrogen and oxygen atoms in total. The van der Waals surface area contributed by atoms with E-state index in [1.807, 2.05) is 6.07 Å². The normalized spacial score (nSPS) is 11.1. The first-order valence-corrected chi connectivity index (χ1v) is 10.9. The fourth-order valence-electron chi connectivity index (χ4n) is 3.68. The largest absolute Gasteiger partial charge is 0.519 e. The molecule has 0 saturated carbocycles. The van der Waals surface area contributed by atoms with E-state index in [4.69, 9.17) is 9.47 Å². The van der Waals surface area contributed by atoms with Crippen LogP contribution in [-0.2, 0) is 12.8 Å². The van der Waals surface area contributed by atoms with E-state index in [1.165, 1.54) is 12.1 Å². The molecule has 0 heterocycles. The van der Waals surface area contributed by atoms with Gasteiger partial charge in [0.2, 0.25) is 0 Å². The Morgan fingerprint density at radius 1 is 0.800 bits per heavy atom. The molecule has 0 bridgehead atoms. The first-order chi connectivity index (χ1) is 14.4. The molecule has 0 saturated heterocycles. The number of benzene rings is 2. The number of aromatic hydroxyl groups is 2. The molecule has 164 valence electrons. The highest BCUT2D eigenvalue weighted by atomic mass is 16.7. The predicted molar refractivity (Wildman–Crippen MR) is 118 cm³/mol. The Hall–Kier alpha value is -2.69. The van der Waals surface area contributed by atoms with E-state index in [2.05, 4.69) is 27.7 Å². The molecule has 2 N–H and O–H groups in total. The zero-order valence-electron chi connectivity index (χ0n) is 18.5. The molecule has 30 heavy (non-hydrogen) atoms. The highest BCUT2D eigenvalue weighted by Crippen LogP contribution is 2.37. The molecule has 0 amide bonds. The molecule has 0 radical (unpaired) electrons. The van der Waals surface area contributed by atoms with Crippen LogP contribution in [0.3, 0.4) is 0 Å². The quantitative estimate of drug-likeness (QED) is 0.337. The lowest BCUT2D eigenvalue weighted by Gasteiger charge is -2.22. The van der Waals surface area contributed by atoms with E-state index < -0.39 is 6.16 Å². The van der Waals surface area contributed by atoms with Gasteiger partial charge in [-0.3, -0.25) is 0 Å². The van der Waals surface area contributed by atoms with Crippen molar-refractivity contribution >= 4 is 6.16 Å². The second-order valence-corrected chi connectivity index (χ2v) is 7.75. The van der Waals surface area contributed by atoms with Crippen LogP contribution in [0.15, 0.2) is 36.4 Å². The van der Waals surface area contributed by atoms with Crippen LogP contribution in [0.4, 0.5) is 4.79 Å². The Kier molecular flexibility index (Phi) is 9.03. The Balaban J connectivity index is 2.37. The van der Waals surface area contributed by atoms with Crippen molar-refractivity contribution in [3.8, 4) is 23.0 Å². The van der Waals surface area contributed by atoms with Gasteiger partial charge in [-0.1, -0.05) is 71.6 Å². The Morgan fingerprint density at radius 2 is 1.40 bits per heavy atom. The van der Waals surface area contributed by atoms with Gasteiger partial charge in [0.05, 0.1) is 0 Å². The summed E-state index contributed by atoms with van der Waals surface area (Å²) in [5.41, 5.74) is 1.96. The fourth-order valence-corrected chi connectivity index (χ4v) is 3.68. The molecule has 0 aliphatic carbocycles. The molecule has 0 fully saturated rings. The number of phenolic OH excluding ortho intramolecular Hbond substituents is 2. The summed E-state index contributed by atoms with van der Waals surface area (Å²) in [7, 11) is 0. The maximum Gasteiger partial charge on any atom is 0.519 e. The van der Waals surface area contributed by atoms with Crippen molar-refractivity contribution in [3.05, 3.63) is 47.5 Å². The minimum absolute atomic E-state index is 0.0108. The molecule has 0 unspecified atom stereocenters. The molecular weight excluding hydrogens is 380 g/mol. The summed E-state index contributed by atoms with van der Waals surface area (Å²) < 4.78 is 10.7. The average Bonchev–Trinajstić information content (AvgIpc) is 2.75. The van der Waals surface area contributed by atoms with E-state index in [-0.39, 0.29) is 23.0 Å². The number of hydrogen-bond donors (Lipinski definition) is 2. The second-order valence-electron chi connectivity index (χ2n) is 7.75. The van der Waals surface area contributed by atoms with E-state index in [1.54, 1.807) is 18.2 Å². The topological polar surface area (TPSA) is 76.0 Å². The van der Waals surface area contributed by atoms with Crippen molar-refractivity contribution in [2.45, 2.75) is 66.2 Å². The smallest absolute Gasteiger partial charge is 0.504 e. The lowest BCUT2D eigenvalue weighted by Crippen LogP contribution is -2.17. The van der Waals surface area contributed by atoms with Crippen molar-refractivity contribution < 1.29 is 24.5 Å². The third-order valence-corrected chi connectivity index (χ3v) is 5.89. The first-order valence-electron chi connectivity index (χ1n) is 10.9. The lowest BCUT2D eigenvalue weighted by molar-refractivity contribution is 0.148. The molecule has 0 spiro atoms. The van der Waals surface area contributed by atoms with Gasteiger partial charge >= 0.3 is 6.16 Å². The van der Waals surface area contributed by atoms with Gasteiger partial charge in [0, 0.05) is 5.56 Å². The SMILES string of the molecule is CCC(CC)Cc1ccc(O)c(OC(=O)Oc2ccccc2O)c1CC(CC)CC. The third-order valence-electron chi connectivity index (χ3n) is 5.89. The van der Waals surface area contributed by atoms with Crippen molar-refractivity contribution in [2.75, 3.05) is 0 Å². The highest BCUT2D eigenvalue weighted by Gasteiger charge is 2.22. The van der Waals surface area contributed by atoms with E-state index in [0.29, 0.717) is 11.8 Å². The summed E-state index contributed by atoms with van der Waals surface area (Å²) in [6.07, 6.45) is 4.72. The average molecular weight is 415 g/mol. The number of para-hydroxylation sites is 2. The van der Waals surface area contributed by atoms with Crippen LogP contribution in [0.1, 0.15) is 64.5 Å². The first kappa shape index (κ1) is 23.6. The monoisotopic (exact) mass is 414 g/mol. The van der Waals surface area contributed by atoms with E-state index in [0.717, 1.165) is 49.7 Å². The van der Waals surface area contributed by atoms with Crippen LogP contribution >= 0.6 is 0 Å². The Labute approximate surface area is 179 Å². The summed E-state index contributed by atoms with van der Waals surface area (Å²) >= 11 is 0. The molecular formula is C25H34O5. The predicted octanol–water partition coefficient (Wildman–Crippen LogP) is 6.63. The van der Waals surface area contributed by atoms with Crippen LogP contribution in [-0.4, -0.2) is 16.4 Å². The number of ether oxygens (including phenoxy) is 2. The van der Waals surface area contributed by atoms with E-state index in [9.17, 15) is 15.0 Å². The van der Waals surface area contributed by atoms with Crippen molar-refractivity contribution in [1.82, 2.24) is 0 Å². The van der Waals surface area contributed by atoms with Gasteiger partial charge in [-0.05, 0) is 48.4 Å². The Morgan fingerprint density at radius 3 is 2.00 bits per heavy atom. The molecule has 2 aromatic rings. The minimum Gasteiger partial charge on any atom is -0.504 e. The number of rotatable bonds is 10. The molecule has 2 rings (SSSR count). The third kappa shape index (κ3) is 6.15. The number of hydrogen-bond acceptors (Lipinski definition) is 5. The van der Waals surface area contributed by atoms with Crippen molar-refractivity contribution in [2.24, 2.45) is 11.8 Å². The lowest BCUT2D eigenvalue weighted by atomic mass is 9.86. The zero-order chi connectivity index (χ0) is 22.1. The van der Waals surface area contributed by atoms with Crippen LogP contribution in [0.2, 0.25) is 0 Å². The number of carbonyl (C=O) groups excluding carboxylic acids is 1. The Bertz CT molecular complexity index is 822. The number of phenols is 2. The standard InChI is InChI=1S/C25H34O5/c1-5-17(6-2)15-19-13-14-22(27)24(20(19)16-18(7-3)8-4)30-25(28)29-23-12-10-9-11-21(23)26/h9-14,17-18,26-27H,5-8,15-16H2,1-4H3. The molecule has 0 aliphatic heterocycles. The van der Waals surface area contributed by atoms with Gasteiger partial charge in [0.25, 0.3) is 0 Å². The van der Waals surface area contributed by atoms with Gasteiger partial charge in [0.1, 0.15) is 0 Å². The highest BCUT2D eigenvalue weighted by molar-refractivity contribution is 5.70. The molecule has 2 aromatic carbocycles. The van der Waals surface area contributed by atoms with Gasteiger partial charge < -0.3 is 19.7 Å². The van der Waals surface area contributed by atoms with Gasteiger partial charge in [-0.2, -0.15) is 0 Å². The maximum absolute atomic E-state index is 12.4. The summed E-state index contributed by atoms with van der Waals surface area (Å²) in [5, 5.41) is 20.3. The van der Waals surface area contributed by atoms with Crippen molar-refractivity contribution in [1.29, 1.82) is 0 Å².